The standard InChI is InChI=1S/C14H19N3O3S/c1-9-15-10(8-21-9)6-17-11-3-4-16(14(19)7-20-2)12(11)5-13(17)18/h8,11-12H,3-7H2,1-2H3/t11-,12+/m0/s1. The molecule has 3 rings (SSSR count). The Hall–Kier alpha value is -1.47. The lowest BCUT2D eigenvalue weighted by Crippen LogP contribution is -2.41. The SMILES string of the molecule is COCC(=O)N1CC[C@H]2[C@H]1CC(=O)N2Cc1csc(C)n1. The highest BCUT2D eigenvalue weighted by Gasteiger charge is 2.48. The number of aryl methyl sites for hydroxylation is 1. The molecule has 21 heavy (non-hydrogen) atoms. The van der Waals surface area contributed by atoms with Crippen LogP contribution in [0.2, 0.25) is 0 Å². The van der Waals surface area contributed by atoms with E-state index in [9.17, 15) is 9.59 Å². The zero-order chi connectivity index (χ0) is 15.0. The van der Waals surface area contributed by atoms with Crippen LogP contribution in [-0.4, -0.2) is 58.9 Å². The van der Waals surface area contributed by atoms with Crippen LogP contribution in [0.15, 0.2) is 5.38 Å². The Kier molecular flexibility index (Phi) is 3.95. The monoisotopic (exact) mass is 309 g/mol. The molecular formula is C14H19N3O3S. The molecule has 2 atom stereocenters. The van der Waals surface area contributed by atoms with Crippen molar-refractivity contribution in [1.29, 1.82) is 0 Å². The summed E-state index contributed by atoms with van der Waals surface area (Å²) >= 11 is 1.60. The van der Waals surface area contributed by atoms with Crippen molar-refractivity contribution in [1.82, 2.24) is 14.8 Å². The number of fused-ring (bicyclic) bond motifs is 1. The highest BCUT2D eigenvalue weighted by Crippen LogP contribution is 2.33. The molecule has 2 fully saturated rings. The van der Waals surface area contributed by atoms with Crippen LogP contribution < -0.4 is 0 Å². The zero-order valence-corrected chi connectivity index (χ0v) is 13.1. The van der Waals surface area contributed by atoms with Gasteiger partial charge in [-0.05, 0) is 13.3 Å². The Morgan fingerprint density at radius 1 is 1.52 bits per heavy atom. The number of likely N-dealkylation sites (tertiary alicyclic amines) is 2. The molecule has 7 heteroatoms. The molecule has 0 bridgehead atoms. The maximum absolute atomic E-state index is 12.3. The van der Waals surface area contributed by atoms with Crippen molar-refractivity contribution in [3.63, 3.8) is 0 Å². The van der Waals surface area contributed by atoms with Gasteiger partial charge in [-0.2, -0.15) is 0 Å². The molecule has 6 nitrogen and oxygen atoms in total. The molecule has 1 aromatic rings. The zero-order valence-electron chi connectivity index (χ0n) is 12.2. The minimum absolute atomic E-state index is 0.000109. The van der Waals surface area contributed by atoms with Gasteiger partial charge in [-0.15, -0.1) is 11.3 Å². The number of aromatic nitrogens is 1. The van der Waals surface area contributed by atoms with Gasteiger partial charge in [-0.25, -0.2) is 4.98 Å². The molecule has 0 spiro atoms. The van der Waals surface area contributed by atoms with Crippen LogP contribution in [0.5, 0.6) is 0 Å². The van der Waals surface area contributed by atoms with Crippen molar-refractivity contribution >= 4 is 23.2 Å². The normalized spacial score (nSPS) is 24.8. The third-order valence-corrected chi connectivity index (χ3v) is 5.02. The summed E-state index contributed by atoms with van der Waals surface area (Å²) in [5.74, 6) is 0.0923. The molecule has 0 radical (unpaired) electrons. The van der Waals surface area contributed by atoms with E-state index in [1.807, 2.05) is 17.2 Å². The Morgan fingerprint density at radius 2 is 2.33 bits per heavy atom. The number of nitrogens with zero attached hydrogens (tertiary/aromatic N) is 3. The largest absolute Gasteiger partial charge is 0.375 e. The van der Waals surface area contributed by atoms with E-state index in [1.54, 1.807) is 16.2 Å². The maximum Gasteiger partial charge on any atom is 0.248 e. The maximum atomic E-state index is 12.3. The molecule has 2 aliphatic rings. The first-order valence-corrected chi connectivity index (χ1v) is 7.97. The molecule has 2 aliphatic heterocycles. The second-order valence-electron chi connectivity index (χ2n) is 5.53. The molecule has 0 N–H and O–H groups in total. The van der Waals surface area contributed by atoms with Crippen molar-refractivity contribution in [2.24, 2.45) is 0 Å². The summed E-state index contributed by atoms with van der Waals surface area (Å²) in [6.07, 6.45) is 1.26. The summed E-state index contributed by atoms with van der Waals surface area (Å²) in [5.41, 5.74) is 0.938. The summed E-state index contributed by atoms with van der Waals surface area (Å²) in [4.78, 5) is 32.4. The molecule has 0 saturated carbocycles. The first-order valence-electron chi connectivity index (χ1n) is 7.09. The Bertz CT molecular complexity index is 559. The summed E-state index contributed by atoms with van der Waals surface area (Å²) < 4.78 is 4.92. The van der Waals surface area contributed by atoms with Crippen molar-refractivity contribution in [3.05, 3.63) is 16.1 Å². The number of methoxy groups -OCH3 is 1. The Labute approximate surface area is 127 Å². The molecule has 0 aromatic carbocycles. The van der Waals surface area contributed by atoms with Crippen molar-refractivity contribution in [2.45, 2.75) is 38.4 Å². The van der Waals surface area contributed by atoms with E-state index in [1.165, 1.54) is 7.11 Å². The van der Waals surface area contributed by atoms with E-state index in [0.717, 1.165) is 17.1 Å². The van der Waals surface area contributed by atoms with Gasteiger partial charge in [0.15, 0.2) is 0 Å². The molecule has 0 unspecified atom stereocenters. The molecule has 1 aromatic heterocycles. The van der Waals surface area contributed by atoms with Crippen LogP contribution >= 0.6 is 11.3 Å². The van der Waals surface area contributed by atoms with E-state index in [4.69, 9.17) is 4.74 Å². The van der Waals surface area contributed by atoms with Crippen molar-refractivity contribution in [2.75, 3.05) is 20.3 Å². The van der Waals surface area contributed by atoms with Gasteiger partial charge < -0.3 is 14.5 Å². The number of ether oxygens (including phenoxy) is 1. The molecule has 2 amide bonds. The van der Waals surface area contributed by atoms with Gasteiger partial charge >= 0.3 is 0 Å². The third-order valence-electron chi connectivity index (χ3n) is 4.20. The van der Waals surface area contributed by atoms with E-state index < -0.39 is 0 Å². The first-order chi connectivity index (χ1) is 10.1. The second kappa shape index (κ2) is 5.73. The minimum Gasteiger partial charge on any atom is -0.375 e. The van der Waals surface area contributed by atoms with E-state index in [-0.39, 0.29) is 30.5 Å². The smallest absolute Gasteiger partial charge is 0.248 e. The fourth-order valence-electron chi connectivity index (χ4n) is 3.31. The van der Waals surface area contributed by atoms with Crippen LogP contribution in [0.25, 0.3) is 0 Å². The Morgan fingerprint density at radius 3 is 3.00 bits per heavy atom. The molecule has 3 heterocycles. The van der Waals surface area contributed by atoms with Crippen LogP contribution in [0.1, 0.15) is 23.5 Å². The van der Waals surface area contributed by atoms with Gasteiger partial charge in [0.05, 0.1) is 29.3 Å². The predicted molar refractivity (Wildman–Crippen MR) is 77.8 cm³/mol. The van der Waals surface area contributed by atoms with Crippen molar-refractivity contribution < 1.29 is 14.3 Å². The highest BCUT2D eigenvalue weighted by atomic mass is 32.1. The summed E-state index contributed by atoms with van der Waals surface area (Å²) in [7, 11) is 1.52. The Balaban J connectivity index is 1.71. The molecular weight excluding hydrogens is 290 g/mol. The van der Waals surface area contributed by atoms with Crippen LogP contribution in [-0.2, 0) is 20.9 Å². The molecule has 0 aliphatic carbocycles. The lowest BCUT2D eigenvalue weighted by molar-refractivity contribution is -0.136. The number of carbonyl (C=O) groups is 2. The van der Waals surface area contributed by atoms with Gasteiger partial charge in [0, 0.05) is 25.5 Å². The number of hydrogen-bond acceptors (Lipinski definition) is 5. The lowest BCUT2D eigenvalue weighted by atomic mass is 10.1. The summed E-state index contributed by atoms with van der Waals surface area (Å²) in [5, 5.41) is 3.01. The average Bonchev–Trinajstić information content (AvgIpc) is 3.09. The quantitative estimate of drug-likeness (QED) is 0.825. The number of thiazole rings is 1. The van der Waals surface area contributed by atoms with Crippen molar-refractivity contribution in [3.8, 4) is 0 Å². The second-order valence-corrected chi connectivity index (χ2v) is 6.59. The van der Waals surface area contributed by atoms with Gasteiger partial charge in [0.1, 0.15) is 6.61 Å². The third kappa shape index (κ3) is 2.67. The fourth-order valence-corrected chi connectivity index (χ4v) is 3.91. The van der Waals surface area contributed by atoms with Gasteiger partial charge in [-0.3, -0.25) is 9.59 Å². The fraction of sp³-hybridized carbons (Fsp3) is 0.643. The molecule has 114 valence electrons. The van der Waals surface area contributed by atoms with Gasteiger partial charge in [-0.1, -0.05) is 0 Å². The van der Waals surface area contributed by atoms with Crippen LogP contribution in [0, 0.1) is 6.92 Å². The van der Waals surface area contributed by atoms with E-state index in [2.05, 4.69) is 4.98 Å². The lowest BCUT2D eigenvalue weighted by Gasteiger charge is -2.24. The predicted octanol–water partition coefficient (Wildman–Crippen LogP) is 0.800. The first kappa shape index (κ1) is 14.5. The van der Waals surface area contributed by atoms with E-state index in [0.29, 0.717) is 19.5 Å². The topological polar surface area (TPSA) is 62.7 Å². The van der Waals surface area contributed by atoms with Crippen LogP contribution in [0.4, 0.5) is 0 Å². The average molecular weight is 309 g/mol. The number of rotatable bonds is 4. The molecule has 2 saturated heterocycles. The summed E-state index contributed by atoms with van der Waals surface area (Å²) in [6.45, 7) is 3.31. The van der Waals surface area contributed by atoms with E-state index >= 15 is 0 Å². The van der Waals surface area contributed by atoms with Gasteiger partial charge in [0.2, 0.25) is 11.8 Å². The highest BCUT2D eigenvalue weighted by molar-refractivity contribution is 7.09. The minimum atomic E-state index is -0.0239. The number of carbonyl (C=O) groups excluding carboxylic acids is 2. The number of hydrogen-bond donors (Lipinski definition) is 0. The van der Waals surface area contributed by atoms with Gasteiger partial charge in [0.25, 0.3) is 0 Å². The summed E-state index contributed by atoms with van der Waals surface area (Å²) in [6, 6.07) is 0.125. The van der Waals surface area contributed by atoms with Crippen LogP contribution in [0.3, 0.4) is 0 Å². The number of amides is 2.